The van der Waals surface area contributed by atoms with Crippen LogP contribution in [0.1, 0.15) is 12.5 Å². The van der Waals surface area contributed by atoms with Gasteiger partial charge < -0.3 is 0 Å². The molecule has 1 unspecified atom stereocenters. The number of hydrogen-bond acceptors (Lipinski definition) is 1. The predicted octanol–water partition coefficient (Wildman–Crippen LogP) is 2.19. The minimum atomic E-state index is 0.103. The Hall–Kier alpha value is -1.29. The van der Waals surface area contributed by atoms with Gasteiger partial charge in [-0.15, -0.1) is 0 Å². The Labute approximate surface area is 67.3 Å². The summed E-state index contributed by atoms with van der Waals surface area (Å²) in [6.45, 7) is 1.92. The quantitative estimate of drug-likeness (QED) is 0.624. The molecule has 55 valence electrons. The van der Waals surface area contributed by atoms with E-state index in [4.69, 9.17) is 5.26 Å². The summed E-state index contributed by atoms with van der Waals surface area (Å²) in [5, 5.41) is 8.54. The molecule has 11 heavy (non-hydrogen) atoms. The van der Waals surface area contributed by atoms with Crippen LogP contribution in [0.15, 0.2) is 24.3 Å². The van der Waals surface area contributed by atoms with Gasteiger partial charge in [0.1, 0.15) is 0 Å². The maximum absolute atomic E-state index is 8.54. The summed E-state index contributed by atoms with van der Waals surface area (Å²) in [6, 6.07) is 12.9. The fraction of sp³-hybridized carbons (Fsp3) is 0.300. The van der Waals surface area contributed by atoms with Crippen molar-refractivity contribution in [1.29, 1.82) is 5.26 Å². The molecular formula is C10H10N. The first-order chi connectivity index (χ1) is 5.33. The third kappa shape index (κ3) is 2.43. The summed E-state index contributed by atoms with van der Waals surface area (Å²) in [5.74, 6) is 0.103. The fourth-order valence-corrected chi connectivity index (χ4v) is 0.957. The second-order valence-electron chi connectivity index (χ2n) is 2.65. The summed E-state index contributed by atoms with van der Waals surface area (Å²) in [7, 11) is 0. The van der Waals surface area contributed by atoms with Gasteiger partial charge in [-0.05, 0) is 25.0 Å². The average Bonchev–Trinajstić information content (AvgIpc) is 2.06. The maximum Gasteiger partial charge on any atom is 0.0656 e. The molecule has 1 aromatic rings. The van der Waals surface area contributed by atoms with Gasteiger partial charge in [-0.25, -0.2) is 0 Å². The highest BCUT2D eigenvalue weighted by Crippen LogP contribution is 2.05. The van der Waals surface area contributed by atoms with Crippen LogP contribution in [0.25, 0.3) is 0 Å². The Morgan fingerprint density at radius 1 is 1.73 bits per heavy atom. The molecule has 0 aliphatic rings. The number of benzene rings is 1. The van der Waals surface area contributed by atoms with Crippen LogP contribution in [0.3, 0.4) is 0 Å². The second kappa shape index (κ2) is 3.78. The van der Waals surface area contributed by atoms with Gasteiger partial charge in [0.15, 0.2) is 0 Å². The number of rotatable bonds is 2. The van der Waals surface area contributed by atoms with Crippen molar-refractivity contribution in [3.8, 4) is 6.07 Å². The second-order valence-corrected chi connectivity index (χ2v) is 2.65. The first-order valence-electron chi connectivity index (χ1n) is 3.67. The van der Waals surface area contributed by atoms with Gasteiger partial charge in [0.25, 0.3) is 0 Å². The molecule has 1 rings (SSSR count). The largest absolute Gasteiger partial charge is 0.198 e. The van der Waals surface area contributed by atoms with Crippen molar-refractivity contribution in [3.63, 3.8) is 0 Å². The van der Waals surface area contributed by atoms with Crippen LogP contribution in [0.2, 0.25) is 0 Å². The topological polar surface area (TPSA) is 23.8 Å². The van der Waals surface area contributed by atoms with Crippen LogP contribution in [0.4, 0.5) is 0 Å². The van der Waals surface area contributed by atoms with E-state index in [2.05, 4.69) is 12.1 Å². The van der Waals surface area contributed by atoms with E-state index in [-0.39, 0.29) is 5.92 Å². The molecule has 1 heteroatoms. The lowest BCUT2D eigenvalue weighted by Crippen LogP contribution is -1.94. The molecule has 0 aromatic heterocycles. The summed E-state index contributed by atoms with van der Waals surface area (Å²) in [6.07, 6.45) is 0.827. The monoisotopic (exact) mass is 144 g/mol. The number of hydrogen-bond donors (Lipinski definition) is 0. The minimum absolute atomic E-state index is 0.103. The summed E-state index contributed by atoms with van der Waals surface area (Å²) < 4.78 is 0. The molecule has 1 radical (unpaired) electrons. The van der Waals surface area contributed by atoms with Gasteiger partial charge in [0, 0.05) is 5.92 Å². The fourth-order valence-electron chi connectivity index (χ4n) is 0.957. The SMILES string of the molecule is CC(C#N)Cc1c[c]ccc1. The lowest BCUT2D eigenvalue weighted by molar-refractivity contribution is 0.739. The van der Waals surface area contributed by atoms with Gasteiger partial charge in [0.2, 0.25) is 0 Å². The zero-order valence-electron chi connectivity index (χ0n) is 6.54. The molecule has 0 spiro atoms. The van der Waals surface area contributed by atoms with Crippen molar-refractivity contribution in [3.05, 3.63) is 35.9 Å². The molecule has 0 fully saturated rings. The molecule has 1 nitrogen and oxygen atoms in total. The van der Waals surface area contributed by atoms with Crippen LogP contribution in [0.5, 0.6) is 0 Å². The number of nitrogens with zero attached hydrogens (tertiary/aromatic N) is 1. The summed E-state index contributed by atoms with van der Waals surface area (Å²) in [5.41, 5.74) is 1.18. The van der Waals surface area contributed by atoms with Gasteiger partial charge in [0.05, 0.1) is 6.07 Å². The van der Waals surface area contributed by atoms with Gasteiger partial charge in [-0.2, -0.15) is 5.26 Å². The smallest absolute Gasteiger partial charge is 0.0656 e. The number of nitriles is 1. The van der Waals surface area contributed by atoms with Crippen molar-refractivity contribution in [1.82, 2.24) is 0 Å². The third-order valence-corrected chi connectivity index (χ3v) is 1.53. The molecule has 0 aliphatic carbocycles. The van der Waals surface area contributed by atoms with E-state index in [1.807, 2.05) is 31.2 Å². The zero-order valence-corrected chi connectivity index (χ0v) is 6.54. The van der Waals surface area contributed by atoms with E-state index >= 15 is 0 Å². The predicted molar refractivity (Wildman–Crippen MR) is 43.8 cm³/mol. The third-order valence-electron chi connectivity index (χ3n) is 1.53. The molecule has 0 saturated carbocycles. The van der Waals surface area contributed by atoms with Gasteiger partial charge >= 0.3 is 0 Å². The first-order valence-corrected chi connectivity index (χ1v) is 3.67. The van der Waals surface area contributed by atoms with E-state index in [9.17, 15) is 0 Å². The van der Waals surface area contributed by atoms with Crippen LogP contribution < -0.4 is 0 Å². The van der Waals surface area contributed by atoms with Crippen LogP contribution in [-0.2, 0) is 6.42 Å². The molecule has 1 aromatic carbocycles. The van der Waals surface area contributed by atoms with E-state index in [0.29, 0.717) is 0 Å². The van der Waals surface area contributed by atoms with Crippen molar-refractivity contribution in [2.24, 2.45) is 5.92 Å². The van der Waals surface area contributed by atoms with E-state index in [1.54, 1.807) is 0 Å². The Morgan fingerprint density at radius 2 is 2.55 bits per heavy atom. The molecule has 1 atom stereocenters. The standard InChI is InChI=1S/C10H10N/c1-9(8-11)7-10-5-3-2-4-6-10/h2-3,5-6,9H,7H2,1H3. The highest BCUT2D eigenvalue weighted by atomic mass is 14.3. The van der Waals surface area contributed by atoms with E-state index in [0.717, 1.165) is 6.42 Å². The Kier molecular flexibility index (Phi) is 2.68. The summed E-state index contributed by atoms with van der Waals surface area (Å²) in [4.78, 5) is 0. The Morgan fingerprint density at radius 3 is 3.09 bits per heavy atom. The van der Waals surface area contributed by atoms with E-state index in [1.165, 1.54) is 5.56 Å². The van der Waals surface area contributed by atoms with Crippen molar-refractivity contribution in [2.45, 2.75) is 13.3 Å². The Balaban J connectivity index is 2.60. The maximum atomic E-state index is 8.54. The average molecular weight is 144 g/mol. The lowest BCUT2D eigenvalue weighted by atomic mass is 10.0. The van der Waals surface area contributed by atoms with Crippen molar-refractivity contribution in [2.75, 3.05) is 0 Å². The lowest BCUT2D eigenvalue weighted by Gasteiger charge is -2.00. The van der Waals surface area contributed by atoms with Gasteiger partial charge in [-0.1, -0.05) is 24.3 Å². The zero-order chi connectivity index (χ0) is 8.10. The normalized spacial score (nSPS) is 12.0. The van der Waals surface area contributed by atoms with Crippen molar-refractivity contribution < 1.29 is 0 Å². The Bertz CT molecular complexity index is 245. The van der Waals surface area contributed by atoms with E-state index < -0.39 is 0 Å². The minimum Gasteiger partial charge on any atom is -0.198 e. The summed E-state index contributed by atoms with van der Waals surface area (Å²) >= 11 is 0. The van der Waals surface area contributed by atoms with Crippen molar-refractivity contribution >= 4 is 0 Å². The first kappa shape index (κ1) is 7.81. The molecule has 0 bridgehead atoms. The van der Waals surface area contributed by atoms with Crippen LogP contribution in [0, 0.1) is 23.3 Å². The molecule has 0 amide bonds. The highest BCUT2D eigenvalue weighted by molar-refractivity contribution is 5.15. The molecular weight excluding hydrogens is 134 g/mol. The van der Waals surface area contributed by atoms with Crippen LogP contribution in [-0.4, -0.2) is 0 Å². The molecule has 0 heterocycles. The molecule has 0 N–H and O–H groups in total. The highest BCUT2D eigenvalue weighted by Gasteiger charge is 1.99. The van der Waals surface area contributed by atoms with Gasteiger partial charge in [-0.3, -0.25) is 0 Å². The van der Waals surface area contributed by atoms with Crippen LogP contribution >= 0.6 is 0 Å². The molecule has 0 saturated heterocycles. The molecule has 0 aliphatic heterocycles.